The summed E-state index contributed by atoms with van der Waals surface area (Å²) in [5, 5.41) is 3.39. The molecule has 0 saturated heterocycles. The second-order valence-corrected chi connectivity index (χ2v) is 14.7. The molecule has 0 rings (SSSR count). The predicted molar refractivity (Wildman–Crippen MR) is 54.3 cm³/mol. The number of hydrogen-bond acceptors (Lipinski definition) is 1. The van der Waals surface area contributed by atoms with Crippen molar-refractivity contribution >= 4 is 16.5 Å². The summed E-state index contributed by atoms with van der Waals surface area (Å²) in [5.41, 5.74) is 8.82. The van der Waals surface area contributed by atoms with E-state index in [9.17, 15) is 0 Å². The van der Waals surface area contributed by atoms with Gasteiger partial charge in [-0.3, -0.25) is 5.22 Å². The Labute approximate surface area is 99.9 Å². The summed E-state index contributed by atoms with van der Waals surface area (Å²) < 4.78 is 1.96. The van der Waals surface area contributed by atoms with Crippen LogP contribution >= 0.6 is 0 Å². The quantitative estimate of drug-likeness (QED) is 0.365. The molecule has 0 fully saturated rings. The average molecular weight is 211 g/mol. The van der Waals surface area contributed by atoms with Crippen molar-refractivity contribution in [1.82, 2.24) is 4.34 Å². The van der Waals surface area contributed by atoms with Crippen molar-refractivity contribution in [3.05, 3.63) is 5.53 Å². The number of rotatable bonds is 3. The van der Waals surface area contributed by atoms with Gasteiger partial charge in [-0.15, -0.1) is 0 Å². The largest absolute Gasteiger partial charge is 1.00 e. The smallest absolute Gasteiger partial charge is 0.417 e. The van der Waals surface area contributed by atoms with E-state index in [1.807, 2.05) is 4.34 Å². The zero-order valence-electron chi connectivity index (χ0n) is 9.34. The first-order valence-corrected chi connectivity index (χ1v) is 10.7. The van der Waals surface area contributed by atoms with Crippen molar-refractivity contribution in [1.29, 1.82) is 0 Å². The molecule has 0 aromatic heterocycles. The molecule has 0 aliphatic heterocycles. The Morgan fingerprint density at radius 3 is 1.17 bits per heavy atom. The maximum atomic E-state index is 8.82. The third-order valence-corrected chi connectivity index (χ3v) is 8.11. The van der Waals surface area contributed by atoms with E-state index in [2.05, 4.69) is 44.5 Å². The molecule has 12 heavy (non-hydrogen) atoms. The van der Waals surface area contributed by atoms with Crippen molar-refractivity contribution in [2.75, 3.05) is 0 Å². The molecule has 0 aromatic carbocycles. The van der Waals surface area contributed by atoms with Gasteiger partial charge in [0.1, 0.15) is 0 Å². The Kier molecular flexibility index (Phi) is 6.25. The fourth-order valence-corrected chi connectivity index (χ4v) is 9.86. The first kappa shape index (κ1) is 15.3. The van der Waals surface area contributed by atoms with Crippen LogP contribution in [-0.2, 0) is 0 Å². The van der Waals surface area contributed by atoms with Crippen molar-refractivity contribution < 1.29 is 29.6 Å². The Morgan fingerprint density at radius 1 is 0.917 bits per heavy atom. The summed E-state index contributed by atoms with van der Waals surface area (Å²) in [4.78, 5) is 0. The van der Waals surface area contributed by atoms with Gasteiger partial charge < -0.3 is 9.87 Å². The van der Waals surface area contributed by atoms with E-state index in [0.717, 1.165) is 0 Å². The molecule has 0 aromatic rings. The zero-order chi connectivity index (χ0) is 9.28. The molecule has 0 radical (unpaired) electrons. The Morgan fingerprint density at radius 2 is 1.17 bits per heavy atom. The van der Waals surface area contributed by atoms with Gasteiger partial charge in [-0.1, -0.05) is 39.3 Å². The second kappa shape index (κ2) is 4.90. The zero-order valence-corrected chi connectivity index (χ0v) is 13.3. The van der Waals surface area contributed by atoms with Crippen LogP contribution in [0, 0.1) is 0 Å². The summed E-state index contributed by atoms with van der Waals surface area (Å²) in [6.07, 6.45) is 0. The van der Waals surface area contributed by atoms with Gasteiger partial charge in [0.05, 0.1) is 16.5 Å². The fraction of sp³-hybridized carbons (Fsp3) is 1.00. The molecular weight excluding hydrogens is 193 g/mol. The summed E-state index contributed by atoms with van der Waals surface area (Å²) in [6.45, 7) is 13.1. The first-order chi connectivity index (χ1) is 4.69. The minimum atomic E-state index is -1.44. The number of hydrogen-bond donors (Lipinski definition) is 0. The first-order valence-electron chi connectivity index (χ1n) is 3.85. The maximum Gasteiger partial charge on any atom is 1.00 e. The van der Waals surface area contributed by atoms with Crippen LogP contribution in [0.5, 0.6) is 0 Å². The monoisotopic (exact) mass is 211 g/mol. The molecule has 0 saturated carbocycles. The van der Waals surface area contributed by atoms with Crippen LogP contribution in [0.4, 0.5) is 0 Å². The standard InChI is InChI=1S/C6H18N3Si2.Na/c1-10(2,3)9(8-7)11(4,5)6;/h1-6H3;/q-1;+1. The molecule has 0 N–H and O–H groups in total. The summed E-state index contributed by atoms with van der Waals surface area (Å²) in [6, 6.07) is 0. The van der Waals surface area contributed by atoms with Gasteiger partial charge in [-0.05, 0) is 0 Å². The van der Waals surface area contributed by atoms with E-state index < -0.39 is 16.5 Å². The van der Waals surface area contributed by atoms with Crippen LogP contribution in [0.2, 0.25) is 39.3 Å². The summed E-state index contributed by atoms with van der Waals surface area (Å²) in [5.74, 6) is 0. The summed E-state index contributed by atoms with van der Waals surface area (Å²) in [7, 11) is -2.89. The SMILES string of the molecule is C[Si](C)(C)N(N=[N-])[Si](C)(C)C.[Na+]. The normalized spacial score (nSPS) is 11.8. The molecular formula is C6H18N3NaSi2. The second-order valence-electron chi connectivity index (χ2n) is 4.74. The Bertz CT molecular complexity index is 136. The van der Waals surface area contributed by atoms with Crippen LogP contribution in [0.25, 0.3) is 5.53 Å². The fourth-order valence-electron chi connectivity index (χ4n) is 1.27. The van der Waals surface area contributed by atoms with Gasteiger partial charge in [-0.25, -0.2) is 0 Å². The van der Waals surface area contributed by atoms with Gasteiger partial charge >= 0.3 is 29.6 Å². The molecule has 0 bridgehead atoms. The minimum Gasteiger partial charge on any atom is -0.417 e. The molecule has 0 aliphatic carbocycles. The van der Waals surface area contributed by atoms with E-state index in [-0.39, 0.29) is 29.6 Å². The van der Waals surface area contributed by atoms with Crippen LogP contribution in [0.15, 0.2) is 5.22 Å². The van der Waals surface area contributed by atoms with Gasteiger partial charge in [0.2, 0.25) is 0 Å². The van der Waals surface area contributed by atoms with E-state index in [1.165, 1.54) is 0 Å². The van der Waals surface area contributed by atoms with Crippen LogP contribution in [0.1, 0.15) is 0 Å². The van der Waals surface area contributed by atoms with Crippen molar-refractivity contribution in [3.63, 3.8) is 0 Å². The van der Waals surface area contributed by atoms with Crippen LogP contribution in [0.3, 0.4) is 0 Å². The molecule has 3 nitrogen and oxygen atoms in total. The third kappa shape index (κ3) is 4.76. The van der Waals surface area contributed by atoms with Gasteiger partial charge in [0.15, 0.2) is 0 Å². The molecule has 0 spiro atoms. The topological polar surface area (TPSA) is 37.9 Å². The maximum absolute atomic E-state index is 8.82. The van der Waals surface area contributed by atoms with Crippen LogP contribution < -0.4 is 29.6 Å². The van der Waals surface area contributed by atoms with E-state index in [0.29, 0.717) is 0 Å². The molecule has 0 aliphatic rings. The van der Waals surface area contributed by atoms with E-state index >= 15 is 0 Å². The van der Waals surface area contributed by atoms with Crippen molar-refractivity contribution in [2.24, 2.45) is 5.22 Å². The van der Waals surface area contributed by atoms with Gasteiger partial charge in [0, 0.05) is 0 Å². The molecule has 66 valence electrons. The minimum absolute atomic E-state index is 0. The van der Waals surface area contributed by atoms with Crippen LogP contribution in [-0.4, -0.2) is 20.8 Å². The Hall–Kier alpha value is 0.834. The van der Waals surface area contributed by atoms with Crippen molar-refractivity contribution in [3.8, 4) is 0 Å². The molecule has 0 atom stereocenters. The average Bonchev–Trinajstić information content (AvgIpc) is 1.56. The molecule has 0 unspecified atom stereocenters. The molecule has 0 heterocycles. The summed E-state index contributed by atoms with van der Waals surface area (Å²) >= 11 is 0. The van der Waals surface area contributed by atoms with E-state index in [1.54, 1.807) is 0 Å². The molecule has 6 heteroatoms. The predicted octanol–water partition coefficient (Wildman–Crippen LogP) is -0.101. The van der Waals surface area contributed by atoms with Gasteiger partial charge in [0.25, 0.3) is 0 Å². The van der Waals surface area contributed by atoms with Crippen molar-refractivity contribution in [2.45, 2.75) is 39.3 Å². The van der Waals surface area contributed by atoms with E-state index in [4.69, 9.17) is 5.53 Å². The Balaban J connectivity index is 0. The molecule has 0 amide bonds. The van der Waals surface area contributed by atoms with Gasteiger partial charge in [-0.2, -0.15) is 0 Å². The third-order valence-electron chi connectivity index (χ3n) is 1.36. The number of nitrogens with zero attached hydrogens (tertiary/aromatic N) is 3.